The number of carbonyl (C=O) groups excluding carboxylic acids is 1. The Labute approximate surface area is 98.2 Å². The van der Waals surface area contributed by atoms with Gasteiger partial charge in [-0.1, -0.05) is 18.2 Å². The maximum absolute atomic E-state index is 11.3. The van der Waals surface area contributed by atoms with Crippen molar-refractivity contribution < 1.29 is 9.53 Å². The fourth-order valence-electron chi connectivity index (χ4n) is 0.645. The van der Waals surface area contributed by atoms with E-state index in [-0.39, 0.29) is 17.4 Å². The number of nitrogens with zero attached hydrogens (tertiary/aromatic N) is 1. The van der Waals surface area contributed by atoms with Crippen LogP contribution in [-0.2, 0) is 9.53 Å². The molecule has 0 aromatic heterocycles. The van der Waals surface area contributed by atoms with Crippen LogP contribution in [0.2, 0.25) is 0 Å². The van der Waals surface area contributed by atoms with E-state index in [9.17, 15) is 4.79 Å². The Morgan fingerprint density at radius 2 is 2.33 bits per heavy atom. The average Bonchev–Trinajstić information content (AvgIpc) is 2.19. The van der Waals surface area contributed by atoms with Crippen molar-refractivity contribution in [2.75, 3.05) is 12.9 Å². The zero-order chi connectivity index (χ0) is 11.8. The lowest BCUT2D eigenvalue weighted by atomic mass is 10.3. The molecule has 0 amide bonds. The maximum atomic E-state index is 11.3. The summed E-state index contributed by atoms with van der Waals surface area (Å²) in [7, 11) is 0. The Balaban J connectivity index is 4.77. The van der Waals surface area contributed by atoms with Gasteiger partial charge >= 0.3 is 5.97 Å². The van der Waals surface area contributed by atoms with Crippen molar-refractivity contribution in [2.45, 2.75) is 6.92 Å². The lowest BCUT2D eigenvalue weighted by Crippen LogP contribution is -2.14. The number of hydrogen-bond acceptors (Lipinski definition) is 5. The largest absolute Gasteiger partial charge is 0.462 e. The minimum atomic E-state index is -0.595. The van der Waals surface area contributed by atoms with Gasteiger partial charge in [0, 0.05) is 6.20 Å². The molecule has 15 heavy (non-hydrogen) atoms. The number of nitrogens with two attached hydrogens (primary N) is 1. The van der Waals surface area contributed by atoms with Crippen LogP contribution in [0.25, 0.3) is 0 Å². The summed E-state index contributed by atoms with van der Waals surface area (Å²) in [5.41, 5.74) is 5.29. The molecule has 0 spiro atoms. The van der Waals surface area contributed by atoms with Crippen LogP contribution in [0.3, 0.4) is 0 Å². The predicted octanol–water partition coefficient (Wildman–Crippen LogP) is 1.86. The van der Waals surface area contributed by atoms with E-state index in [0.29, 0.717) is 5.03 Å². The average molecular weight is 249 g/mol. The molecule has 2 N–H and O–H groups in total. The molecule has 0 fully saturated rings. The van der Waals surface area contributed by atoms with Crippen LogP contribution < -0.4 is 5.73 Å². The van der Waals surface area contributed by atoms with Crippen LogP contribution in [-0.4, -0.2) is 24.0 Å². The van der Waals surface area contributed by atoms with Gasteiger partial charge in [-0.05, 0) is 13.2 Å². The smallest absolute Gasteiger partial charge is 0.342 e. The number of thioether (sulfide) groups is 1. The lowest BCUT2D eigenvalue weighted by Gasteiger charge is -2.04. The van der Waals surface area contributed by atoms with Crippen LogP contribution >= 0.6 is 23.4 Å². The van der Waals surface area contributed by atoms with E-state index in [1.54, 1.807) is 13.2 Å². The Bertz CT molecular complexity index is 313. The number of rotatable bonds is 5. The molecule has 0 bridgehead atoms. The molecule has 84 valence electrons. The third-order valence-corrected chi connectivity index (χ3v) is 2.19. The van der Waals surface area contributed by atoms with Crippen LogP contribution in [0.15, 0.2) is 28.4 Å². The highest BCUT2D eigenvalue weighted by atomic mass is 35.5. The fraction of sp³-hybridized carbons (Fsp3) is 0.333. The van der Waals surface area contributed by atoms with Gasteiger partial charge in [0.2, 0.25) is 0 Å². The molecule has 0 rings (SSSR count). The zero-order valence-corrected chi connectivity index (χ0v) is 10.2. The van der Waals surface area contributed by atoms with Crippen molar-refractivity contribution in [1.29, 1.82) is 0 Å². The molecule has 0 saturated heterocycles. The molecular weight excluding hydrogens is 236 g/mol. The van der Waals surface area contributed by atoms with Crippen molar-refractivity contribution in [3.63, 3.8) is 0 Å². The highest BCUT2D eigenvalue weighted by Crippen LogP contribution is 2.14. The third-order valence-electron chi connectivity index (χ3n) is 1.34. The molecule has 6 heteroatoms. The summed E-state index contributed by atoms with van der Waals surface area (Å²) in [4.78, 5) is 15.2. The normalized spacial score (nSPS) is 12.5. The monoisotopic (exact) mass is 248 g/mol. The number of aliphatic imine (C=N–C) groups is 1. The molecule has 0 heterocycles. The molecule has 0 aliphatic carbocycles. The summed E-state index contributed by atoms with van der Waals surface area (Å²) in [6.45, 7) is 5.55. The van der Waals surface area contributed by atoms with Crippen molar-refractivity contribution in [3.05, 3.63) is 23.4 Å². The topological polar surface area (TPSA) is 64.7 Å². The van der Waals surface area contributed by atoms with E-state index in [4.69, 9.17) is 22.1 Å². The highest BCUT2D eigenvalue weighted by molar-refractivity contribution is 8.02. The van der Waals surface area contributed by atoms with Gasteiger partial charge in [-0.2, -0.15) is 0 Å². The zero-order valence-electron chi connectivity index (χ0n) is 8.62. The Kier molecular flexibility index (Phi) is 6.90. The molecule has 0 aliphatic rings. The first kappa shape index (κ1) is 14.1. The third kappa shape index (κ3) is 4.90. The van der Waals surface area contributed by atoms with Crippen molar-refractivity contribution in [2.24, 2.45) is 10.7 Å². The van der Waals surface area contributed by atoms with Gasteiger partial charge in [-0.3, -0.25) is 0 Å². The number of halogens is 1. The van der Waals surface area contributed by atoms with Gasteiger partial charge in [-0.25, -0.2) is 9.79 Å². The molecule has 0 atom stereocenters. The van der Waals surface area contributed by atoms with E-state index in [1.807, 2.05) is 0 Å². The maximum Gasteiger partial charge on any atom is 0.342 e. The van der Waals surface area contributed by atoms with E-state index < -0.39 is 5.97 Å². The second kappa shape index (κ2) is 7.36. The quantitative estimate of drug-likeness (QED) is 0.458. The SMILES string of the molecule is C=C(N=C(Cl)/C(=C\N)C(=O)OCC)SC. The predicted molar refractivity (Wildman–Crippen MR) is 64.8 cm³/mol. The minimum absolute atomic E-state index is 0.0182. The molecule has 0 radical (unpaired) electrons. The Morgan fingerprint density at radius 3 is 2.73 bits per heavy atom. The van der Waals surface area contributed by atoms with E-state index >= 15 is 0 Å². The summed E-state index contributed by atoms with van der Waals surface area (Å²) in [6.07, 6.45) is 2.86. The minimum Gasteiger partial charge on any atom is -0.462 e. The molecule has 0 unspecified atom stereocenters. The highest BCUT2D eigenvalue weighted by Gasteiger charge is 2.15. The van der Waals surface area contributed by atoms with E-state index in [0.717, 1.165) is 6.20 Å². The van der Waals surface area contributed by atoms with Crippen LogP contribution in [0.1, 0.15) is 6.92 Å². The molecular formula is C9H13ClN2O2S. The number of ether oxygens (including phenoxy) is 1. The van der Waals surface area contributed by atoms with E-state index in [1.165, 1.54) is 11.8 Å². The molecule has 4 nitrogen and oxygen atoms in total. The first-order valence-corrected chi connectivity index (χ1v) is 5.73. The summed E-state index contributed by atoms with van der Waals surface area (Å²) in [5, 5.41) is 0.471. The fourth-order valence-corrected chi connectivity index (χ4v) is 1.12. The number of esters is 1. The standard InChI is InChI=1S/C9H13ClN2O2S/c1-4-14-9(13)7(5-11)8(10)12-6(2)15-3/h5H,2,4,11H2,1,3H3/b7-5+,12-8?. The Hall–Kier alpha value is -0.940. The summed E-state index contributed by atoms with van der Waals surface area (Å²) in [5.74, 6) is -0.595. The first-order chi connectivity index (χ1) is 7.06. The number of carbonyl (C=O) groups is 1. The summed E-state index contributed by atoms with van der Waals surface area (Å²) < 4.78 is 4.74. The molecule has 0 aromatic rings. The molecule has 0 aliphatic heterocycles. The van der Waals surface area contributed by atoms with Gasteiger partial charge < -0.3 is 10.5 Å². The lowest BCUT2D eigenvalue weighted by molar-refractivity contribution is -0.137. The summed E-state index contributed by atoms with van der Waals surface area (Å²) >= 11 is 7.10. The number of hydrogen-bond donors (Lipinski definition) is 1. The van der Waals surface area contributed by atoms with Crippen molar-refractivity contribution >= 4 is 34.5 Å². The Morgan fingerprint density at radius 1 is 1.73 bits per heavy atom. The van der Waals surface area contributed by atoms with Crippen molar-refractivity contribution in [1.82, 2.24) is 0 Å². The second-order valence-corrected chi connectivity index (χ2v) is 3.54. The van der Waals surface area contributed by atoms with Crippen molar-refractivity contribution in [3.8, 4) is 0 Å². The summed E-state index contributed by atoms with van der Waals surface area (Å²) in [6, 6.07) is 0. The van der Waals surface area contributed by atoms with Crippen LogP contribution in [0.4, 0.5) is 0 Å². The second-order valence-electron chi connectivity index (χ2n) is 2.30. The van der Waals surface area contributed by atoms with Gasteiger partial charge in [0.1, 0.15) is 10.7 Å². The van der Waals surface area contributed by atoms with Gasteiger partial charge in [0.15, 0.2) is 0 Å². The molecule has 0 aromatic carbocycles. The van der Waals surface area contributed by atoms with E-state index in [2.05, 4.69) is 11.6 Å². The first-order valence-electron chi connectivity index (χ1n) is 4.13. The van der Waals surface area contributed by atoms with Crippen LogP contribution in [0, 0.1) is 0 Å². The molecule has 0 saturated carbocycles. The van der Waals surface area contributed by atoms with Gasteiger partial charge in [0.05, 0.1) is 11.6 Å². The van der Waals surface area contributed by atoms with Crippen LogP contribution in [0.5, 0.6) is 0 Å². The van der Waals surface area contributed by atoms with Gasteiger partial charge in [-0.15, -0.1) is 11.8 Å². The van der Waals surface area contributed by atoms with Gasteiger partial charge in [0.25, 0.3) is 0 Å².